The Morgan fingerprint density at radius 3 is 2.81 bits per heavy atom. The predicted octanol–water partition coefficient (Wildman–Crippen LogP) is 2.11. The lowest BCUT2D eigenvalue weighted by Gasteiger charge is -2.40. The lowest BCUT2D eigenvalue weighted by atomic mass is 10.0. The molecule has 0 unspecified atom stereocenters. The van der Waals surface area contributed by atoms with E-state index in [2.05, 4.69) is 11.4 Å². The summed E-state index contributed by atoms with van der Waals surface area (Å²) in [6.45, 7) is 9.54. The van der Waals surface area contributed by atoms with E-state index in [9.17, 15) is 14.9 Å². The molecule has 1 aromatic carbocycles. The molecule has 7 heteroatoms. The molecule has 0 bridgehead atoms. The van der Waals surface area contributed by atoms with Crippen LogP contribution in [0.5, 0.6) is 0 Å². The summed E-state index contributed by atoms with van der Waals surface area (Å²) in [4.78, 5) is 28.6. The van der Waals surface area contributed by atoms with Crippen LogP contribution in [0.4, 0.5) is 4.79 Å². The van der Waals surface area contributed by atoms with E-state index in [0.717, 1.165) is 5.56 Å². The molecule has 0 spiro atoms. The Morgan fingerprint density at radius 2 is 2.15 bits per heavy atom. The first kappa shape index (κ1) is 19.2. The molecule has 1 N–H and O–H groups in total. The Kier molecular flexibility index (Phi) is 5.11. The number of piperazine rings is 1. The average molecular weight is 370 g/mol. The van der Waals surface area contributed by atoms with Gasteiger partial charge in [0.25, 0.3) is 5.91 Å². The molecule has 0 saturated carbocycles. The lowest BCUT2D eigenvalue weighted by molar-refractivity contribution is 0.00817. The molecule has 144 valence electrons. The summed E-state index contributed by atoms with van der Waals surface area (Å²) in [6, 6.07) is 7.38. The molecule has 2 amide bonds. The zero-order valence-corrected chi connectivity index (χ0v) is 16.3. The summed E-state index contributed by atoms with van der Waals surface area (Å²) in [5.41, 5.74) is 1.39. The van der Waals surface area contributed by atoms with Gasteiger partial charge in [0.1, 0.15) is 5.60 Å². The highest BCUT2D eigenvalue weighted by Crippen LogP contribution is 2.26. The van der Waals surface area contributed by atoms with Crippen LogP contribution in [0, 0.1) is 11.3 Å². The van der Waals surface area contributed by atoms with E-state index in [0.29, 0.717) is 37.3 Å². The molecular weight excluding hydrogens is 344 g/mol. The van der Waals surface area contributed by atoms with Crippen LogP contribution in [0.1, 0.15) is 49.2 Å². The number of ether oxygens (including phenoxy) is 1. The van der Waals surface area contributed by atoms with Crippen LogP contribution in [0.2, 0.25) is 0 Å². The van der Waals surface area contributed by atoms with Crippen molar-refractivity contribution in [1.29, 1.82) is 5.26 Å². The van der Waals surface area contributed by atoms with Crippen LogP contribution in [-0.2, 0) is 11.3 Å². The number of nitrogens with zero attached hydrogens (tertiary/aromatic N) is 3. The maximum Gasteiger partial charge on any atom is 0.410 e. The number of nitriles is 1. The number of rotatable bonds is 2. The van der Waals surface area contributed by atoms with Gasteiger partial charge in [-0.15, -0.1) is 0 Å². The standard InChI is InChI=1S/C20H26N4O3/c1-13-9-22-15(11-24(13)19(26)27-20(2,3)4)10-23-12-17-14(8-21)6-5-7-16(17)18(23)25/h5-7,13,15,22H,9-12H2,1-4H3/t13-,15+/m1/s1. The molecule has 2 aliphatic heterocycles. The van der Waals surface area contributed by atoms with Crippen molar-refractivity contribution in [3.05, 3.63) is 34.9 Å². The van der Waals surface area contributed by atoms with Gasteiger partial charge in [0.15, 0.2) is 0 Å². The number of hydrogen-bond donors (Lipinski definition) is 1. The highest BCUT2D eigenvalue weighted by atomic mass is 16.6. The zero-order valence-electron chi connectivity index (χ0n) is 16.3. The van der Waals surface area contributed by atoms with E-state index in [4.69, 9.17) is 4.74 Å². The van der Waals surface area contributed by atoms with Gasteiger partial charge < -0.3 is 19.9 Å². The average Bonchev–Trinajstić information content (AvgIpc) is 2.91. The van der Waals surface area contributed by atoms with Gasteiger partial charge in [-0.2, -0.15) is 5.26 Å². The van der Waals surface area contributed by atoms with Crippen molar-refractivity contribution in [2.45, 2.75) is 51.9 Å². The first-order chi connectivity index (χ1) is 12.7. The molecule has 3 rings (SSSR count). The van der Waals surface area contributed by atoms with Gasteiger partial charge in [-0.3, -0.25) is 4.79 Å². The molecule has 7 nitrogen and oxygen atoms in total. The van der Waals surface area contributed by atoms with E-state index in [1.54, 1.807) is 28.0 Å². The van der Waals surface area contributed by atoms with Crippen LogP contribution < -0.4 is 5.32 Å². The van der Waals surface area contributed by atoms with Gasteiger partial charge in [0.2, 0.25) is 0 Å². The van der Waals surface area contributed by atoms with Gasteiger partial charge in [-0.25, -0.2) is 4.79 Å². The Balaban J connectivity index is 1.67. The van der Waals surface area contributed by atoms with Gasteiger partial charge in [0.05, 0.1) is 11.6 Å². The molecule has 27 heavy (non-hydrogen) atoms. The molecule has 2 heterocycles. The summed E-state index contributed by atoms with van der Waals surface area (Å²) in [5.74, 6) is -0.0636. The van der Waals surface area contributed by atoms with Crippen LogP contribution in [-0.4, -0.2) is 59.1 Å². The number of carbonyl (C=O) groups is 2. The van der Waals surface area contributed by atoms with E-state index in [1.807, 2.05) is 27.7 Å². The van der Waals surface area contributed by atoms with Gasteiger partial charge in [-0.1, -0.05) is 6.07 Å². The fourth-order valence-electron chi connectivity index (χ4n) is 3.54. The molecule has 2 aliphatic rings. The highest BCUT2D eigenvalue weighted by molar-refractivity contribution is 5.99. The monoisotopic (exact) mass is 370 g/mol. The second-order valence-electron chi connectivity index (χ2n) is 8.22. The number of amides is 2. The highest BCUT2D eigenvalue weighted by Gasteiger charge is 2.35. The van der Waals surface area contributed by atoms with Gasteiger partial charge >= 0.3 is 6.09 Å². The van der Waals surface area contributed by atoms with Crippen molar-refractivity contribution in [2.24, 2.45) is 0 Å². The third-order valence-electron chi connectivity index (χ3n) is 4.88. The summed E-state index contributed by atoms with van der Waals surface area (Å²) in [7, 11) is 0. The molecule has 0 aromatic heterocycles. The van der Waals surface area contributed by atoms with E-state index >= 15 is 0 Å². The van der Waals surface area contributed by atoms with Crippen molar-refractivity contribution < 1.29 is 14.3 Å². The van der Waals surface area contributed by atoms with Gasteiger partial charge in [0, 0.05) is 49.4 Å². The number of hydrogen-bond acceptors (Lipinski definition) is 5. The van der Waals surface area contributed by atoms with Crippen molar-refractivity contribution in [2.75, 3.05) is 19.6 Å². The topological polar surface area (TPSA) is 85.7 Å². The first-order valence-corrected chi connectivity index (χ1v) is 9.24. The van der Waals surface area contributed by atoms with E-state index < -0.39 is 5.60 Å². The molecule has 0 radical (unpaired) electrons. The van der Waals surface area contributed by atoms with Crippen LogP contribution in [0.3, 0.4) is 0 Å². The largest absolute Gasteiger partial charge is 0.444 e. The van der Waals surface area contributed by atoms with Crippen LogP contribution >= 0.6 is 0 Å². The maximum absolute atomic E-state index is 12.7. The van der Waals surface area contributed by atoms with E-state index in [1.165, 1.54) is 0 Å². The predicted molar refractivity (Wildman–Crippen MR) is 100 cm³/mol. The number of nitrogens with one attached hydrogen (secondary N) is 1. The third-order valence-corrected chi connectivity index (χ3v) is 4.88. The Labute approximate surface area is 159 Å². The summed E-state index contributed by atoms with van der Waals surface area (Å²) < 4.78 is 5.51. The van der Waals surface area contributed by atoms with E-state index in [-0.39, 0.29) is 24.1 Å². The number of benzene rings is 1. The van der Waals surface area contributed by atoms with Crippen LogP contribution in [0.15, 0.2) is 18.2 Å². The summed E-state index contributed by atoms with van der Waals surface area (Å²) in [5, 5.41) is 12.7. The second kappa shape index (κ2) is 7.20. The van der Waals surface area contributed by atoms with Crippen molar-refractivity contribution >= 4 is 12.0 Å². The number of carbonyl (C=O) groups excluding carboxylic acids is 2. The Bertz CT molecular complexity index is 793. The second-order valence-corrected chi connectivity index (χ2v) is 8.22. The van der Waals surface area contributed by atoms with Gasteiger partial charge in [-0.05, 0) is 39.8 Å². The fourth-order valence-corrected chi connectivity index (χ4v) is 3.54. The quantitative estimate of drug-likeness (QED) is 0.862. The Hall–Kier alpha value is -2.59. The maximum atomic E-state index is 12.7. The summed E-state index contributed by atoms with van der Waals surface area (Å²) in [6.07, 6.45) is -0.329. The normalized spacial score (nSPS) is 22.4. The molecule has 1 fully saturated rings. The Morgan fingerprint density at radius 1 is 1.41 bits per heavy atom. The molecule has 0 aliphatic carbocycles. The lowest BCUT2D eigenvalue weighted by Crippen LogP contribution is -2.60. The fraction of sp³-hybridized carbons (Fsp3) is 0.550. The minimum atomic E-state index is -0.544. The van der Waals surface area contributed by atoms with Crippen LogP contribution in [0.25, 0.3) is 0 Å². The third kappa shape index (κ3) is 4.06. The molecule has 1 saturated heterocycles. The minimum Gasteiger partial charge on any atom is -0.444 e. The first-order valence-electron chi connectivity index (χ1n) is 9.24. The minimum absolute atomic E-state index is 0.0211. The van der Waals surface area contributed by atoms with Crippen molar-refractivity contribution in [3.63, 3.8) is 0 Å². The zero-order chi connectivity index (χ0) is 19.8. The molecule has 2 atom stereocenters. The van der Waals surface area contributed by atoms with Crippen molar-refractivity contribution in [1.82, 2.24) is 15.1 Å². The molecular formula is C20H26N4O3. The number of fused-ring (bicyclic) bond motifs is 1. The van der Waals surface area contributed by atoms with Crippen molar-refractivity contribution in [3.8, 4) is 6.07 Å². The molecule has 1 aromatic rings. The summed E-state index contributed by atoms with van der Waals surface area (Å²) >= 11 is 0. The smallest absolute Gasteiger partial charge is 0.410 e. The SMILES string of the molecule is C[C@@H]1CN[C@@H](CN2Cc3c(C#N)cccc3C2=O)CN1C(=O)OC(C)(C)C.